The summed E-state index contributed by atoms with van der Waals surface area (Å²) in [5, 5.41) is 0. The molecule has 0 spiro atoms. The molecule has 1 saturated heterocycles. The zero-order chi connectivity index (χ0) is 18.8. The number of hydrogen-bond donors (Lipinski definition) is 0. The first-order valence-corrected chi connectivity index (χ1v) is 9.11. The Morgan fingerprint density at radius 2 is 1.89 bits per heavy atom. The number of para-hydroxylation sites is 2. The van der Waals surface area contributed by atoms with Crippen molar-refractivity contribution in [1.82, 2.24) is 4.90 Å². The van der Waals surface area contributed by atoms with Crippen molar-refractivity contribution in [3.63, 3.8) is 0 Å². The summed E-state index contributed by atoms with van der Waals surface area (Å²) in [4.78, 5) is 29.7. The molecule has 1 fully saturated rings. The van der Waals surface area contributed by atoms with Gasteiger partial charge in [-0.2, -0.15) is 0 Å². The summed E-state index contributed by atoms with van der Waals surface area (Å²) in [6.07, 6.45) is 0.298. The Morgan fingerprint density at radius 3 is 2.67 bits per heavy atom. The van der Waals surface area contributed by atoms with E-state index >= 15 is 0 Å². The molecular formula is C21H22N2O4. The molecule has 0 aliphatic carbocycles. The maximum absolute atomic E-state index is 13.4. The van der Waals surface area contributed by atoms with Gasteiger partial charge < -0.3 is 19.3 Å². The van der Waals surface area contributed by atoms with Gasteiger partial charge in [-0.15, -0.1) is 0 Å². The molecule has 0 N–H and O–H groups in total. The molecule has 140 valence electrons. The molecule has 6 nitrogen and oxygen atoms in total. The average Bonchev–Trinajstić information content (AvgIpc) is 3.13. The molecule has 2 heterocycles. The number of fused-ring (bicyclic) bond motifs is 3. The molecule has 2 atom stereocenters. The van der Waals surface area contributed by atoms with Crippen molar-refractivity contribution < 1.29 is 19.1 Å². The van der Waals surface area contributed by atoms with Crippen molar-refractivity contribution in [2.45, 2.75) is 18.6 Å². The van der Waals surface area contributed by atoms with Crippen LogP contribution < -0.4 is 9.64 Å². The highest BCUT2D eigenvalue weighted by atomic mass is 16.5. The largest absolute Gasteiger partial charge is 0.486 e. The molecule has 0 saturated carbocycles. The van der Waals surface area contributed by atoms with Gasteiger partial charge in [0.1, 0.15) is 17.9 Å². The summed E-state index contributed by atoms with van der Waals surface area (Å²) in [5.74, 6) is 0.437. The Kier molecular flexibility index (Phi) is 4.81. The quantitative estimate of drug-likeness (QED) is 0.833. The number of nitrogens with zero attached hydrogens (tertiary/aromatic N) is 2. The highest BCUT2D eigenvalue weighted by Gasteiger charge is 2.45. The van der Waals surface area contributed by atoms with Crippen molar-refractivity contribution in [2.24, 2.45) is 0 Å². The van der Waals surface area contributed by atoms with Gasteiger partial charge in [0.25, 0.3) is 5.91 Å². The summed E-state index contributed by atoms with van der Waals surface area (Å²) in [6.45, 7) is 1.21. The zero-order valence-corrected chi connectivity index (χ0v) is 15.2. The number of likely N-dealkylation sites (tertiary alicyclic amines) is 1. The number of carbonyl (C=O) groups excluding carboxylic acids is 2. The molecule has 2 aromatic rings. The lowest BCUT2D eigenvalue weighted by molar-refractivity contribution is -0.122. The lowest BCUT2D eigenvalue weighted by atomic mass is 10.1. The molecule has 2 aliphatic heterocycles. The third-order valence-electron chi connectivity index (χ3n) is 5.06. The molecule has 2 bridgehead atoms. The number of amides is 2. The Balaban J connectivity index is 1.69. The fourth-order valence-electron chi connectivity index (χ4n) is 3.76. The minimum absolute atomic E-state index is 0.0884. The molecular weight excluding hydrogens is 344 g/mol. The van der Waals surface area contributed by atoms with Crippen LogP contribution in [0.2, 0.25) is 0 Å². The van der Waals surface area contributed by atoms with Crippen LogP contribution in [-0.4, -0.2) is 55.7 Å². The van der Waals surface area contributed by atoms with E-state index in [0.717, 1.165) is 5.69 Å². The molecule has 0 aromatic heterocycles. The number of anilines is 1. The Morgan fingerprint density at radius 1 is 1.15 bits per heavy atom. The van der Waals surface area contributed by atoms with Gasteiger partial charge in [-0.25, -0.2) is 0 Å². The molecule has 0 radical (unpaired) electrons. The van der Waals surface area contributed by atoms with Gasteiger partial charge >= 0.3 is 0 Å². The van der Waals surface area contributed by atoms with E-state index in [1.54, 1.807) is 29.0 Å². The van der Waals surface area contributed by atoms with E-state index in [0.29, 0.717) is 37.4 Å². The van der Waals surface area contributed by atoms with Crippen LogP contribution in [0.25, 0.3) is 0 Å². The monoisotopic (exact) mass is 366 g/mol. The predicted octanol–water partition coefficient (Wildman–Crippen LogP) is 2.34. The van der Waals surface area contributed by atoms with E-state index in [-0.39, 0.29) is 17.9 Å². The fraction of sp³-hybridized carbons (Fsp3) is 0.333. The molecule has 2 aliphatic rings. The van der Waals surface area contributed by atoms with Crippen LogP contribution in [-0.2, 0) is 9.53 Å². The third kappa shape index (κ3) is 3.28. The summed E-state index contributed by atoms with van der Waals surface area (Å²) in [7, 11) is 1.60. The summed E-state index contributed by atoms with van der Waals surface area (Å²) in [6, 6.07) is 16.0. The minimum atomic E-state index is -0.534. The van der Waals surface area contributed by atoms with Crippen LogP contribution in [0, 0.1) is 0 Å². The van der Waals surface area contributed by atoms with E-state index in [1.165, 1.54) is 0 Å². The Labute approximate surface area is 158 Å². The summed E-state index contributed by atoms with van der Waals surface area (Å²) < 4.78 is 11.4. The molecule has 27 heavy (non-hydrogen) atoms. The second-order valence-electron chi connectivity index (χ2n) is 6.77. The smallest absolute Gasteiger partial charge is 0.254 e. The molecule has 0 unspecified atom stereocenters. The number of hydrogen-bond acceptors (Lipinski definition) is 4. The highest BCUT2D eigenvalue weighted by molar-refractivity contribution is 6.03. The van der Waals surface area contributed by atoms with Gasteiger partial charge in [0.05, 0.1) is 18.8 Å². The predicted molar refractivity (Wildman–Crippen MR) is 101 cm³/mol. The first-order valence-electron chi connectivity index (χ1n) is 9.11. The Hall–Kier alpha value is -2.86. The molecule has 2 amide bonds. The fourth-order valence-corrected chi connectivity index (χ4v) is 3.76. The van der Waals surface area contributed by atoms with Crippen molar-refractivity contribution in [3.05, 3.63) is 60.2 Å². The maximum Gasteiger partial charge on any atom is 0.254 e. The van der Waals surface area contributed by atoms with E-state index < -0.39 is 6.04 Å². The number of benzene rings is 2. The van der Waals surface area contributed by atoms with E-state index in [4.69, 9.17) is 9.47 Å². The lowest BCUT2D eigenvalue weighted by Gasteiger charge is -2.31. The van der Waals surface area contributed by atoms with Crippen molar-refractivity contribution in [1.29, 1.82) is 0 Å². The van der Waals surface area contributed by atoms with Gasteiger partial charge in [0.2, 0.25) is 5.91 Å². The van der Waals surface area contributed by atoms with Gasteiger partial charge in [-0.1, -0.05) is 30.3 Å². The summed E-state index contributed by atoms with van der Waals surface area (Å²) >= 11 is 0. The second kappa shape index (κ2) is 7.40. The molecule has 2 aromatic carbocycles. The van der Waals surface area contributed by atoms with Crippen LogP contribution in [0.3, 0.4) is 0 Å². The van der Waals surface area contributed by atoms with Gasteiger partial charge in [0, 0.05) is 25.6 Å². The first kappa shape index (κ1) is 17.5. The SMILES string of the molecule is COCCN1C(=O)[C@@H]2C[C@@H](CN2C(=O)c2ccccc2)Oc2ccccc21. The van der Waals surface area contributed by atoms with Crippen molar-refractivity contribution in [3.8, 4) is 5.75 Å². The minimum Gasteiger partial charge on any atom is -0.486 e. The van der Waals surface area contributed by atoms with E-state index in [9.17, 15) is 9.59 Å². The normalized spacial score (nSPS) is 21.3. The highest BCUT2D eigenvalue weighted by Crippen LogP contribution is 2.36. The third-order valence-corrected chi connectivity index (χ3v) is 5.06. The number of methoxy groups -OCH3 is 1. The molecule has 6 heteroatoms. The maximum atomic E-state index is 13.4. The van der Waals surface area contributed by atoms with Crippen molar-refractivity contribution in [2.75, 3.05) is 31.7 Å². The van der Waals surface area contributed by atoms with Gasteiger partial charge in [0.15, 0.2) is 0 Å². The van der Waals surface area contributed by atoms with Crippen LogP contribution in [0.4, 0.5) is 5.69 Å². The first-order chi connectivity index (χ1) is 13.2. The van der Waals surface area contributed by atoms with Crippen LogP contribution >= 0.6 is 0 Å². The van der Waals surface area contributed by atoms with Gasteiger partial charge in [-0.3, -0.25) is 9.59 Å². The van der Waals surface area contributed by atoms with Crippen LogP contribution in [0.1, 0.15) is 16.8 Å². The van der Waals surface area contributed by atoms with E-state index in [2.05, 4.69) is 0 Å². The van der Waals surface area contributed by atoms with Gasteiger partial charge in [-0.05, 0) is 24.3 Å². The number of rotatable bonds is 4. The van der Waals surface area contributed by atoms with E-state index in [1.807, 2.05) is 42.5 Å². The van der Waals surface area contributed by atoms with Crippen LogP contribution in [0.15, 0.2) is 54.6 Å². The van der Waals surface area contributed by atoms with Crippen molar-refractivity contribution >= 4 is 17.5 Å². The number of ether oxygens (including phenoxy) is 2. The Bertz CT molecular complexity index is 839. The number of carbonyl (C=O) groups is 2. The van der Waals surface area contributed by atoms with Crippen LogP contribution in [0.5, 0.6) is 5.75 Å². The standard InChI is InChI=1S/C21H22N2O4/c1-26-12-11-22-17-9-5-6-10-19(17)27-16-13-18(21(22)25)23(14-16)20(24)15-7-3-2-4-8-15/h2-10,16,18H,11-14H2,1H3/t16-,18-/m0/s1. The molecule has 4 rings (SSSR count). The zero-order valence-electron chi connectivity index (χ0n) is 15.2. The second-order valence-corrected chi connectivity index (χ2v) is 6.77. The average molecular weight is 366 g/mol. The summed E-state index contributed by atoms with van der Waals surface area (Å²) in [5.41, 5.74) is 1.31. The lowest BCUT2D eigenvalue weighted by Crippen LogP contribution is -2.49. The topological polar surface area (TPSA) is 59.1 Å².